The van der Waals surface area contributed by atoms with Crippen molar-refractivity contribution in [3.8, 4) is 0 Å². The maximum absolute atomic E-state index is 13.5. The minimum atomic E-state index is -0.624. The van der Waals surface area contributed by atoms with Gasteiger partial charge in [-0.25, -0.2) is 4.39 Å². The van der Waals surface area contributed by atoms with Crippen molar-refractivity contribution >= 4 is 33.5 Å². The predicted molar refractivity (Wildman–Crippen MR) is 80.6 cm³/mol. The largest absolute Gasteiger partial charge is 0.289 e. The van der Waals surface area contributed by atoms with Crippen LogP contribution in [0.2, 0.25) is 0 Å². The maximum atomic E-state index is 13.5. The third-order valence-electron chi connectivity index (χ3n) is 2.74. The van der Waals surface area contributed by atoms with Gasteiger partial charge in [0.15, 0.2) is 5.78 Å². The Morgan fingerprint density at radius 3 is 2.67 bits per heavy atom. The highest BCUT2D eigenvalue weighted by Crippen LogP contribution is 2.20. The Kier molecular flexibility index (Phi) is 4.59. The molecule has 0 saturated carbocycles. The Morgan fingerprint density at radius 2 is 1.95 bits per heavy atom. The van der Waals surface area contributed by atoms with Gasteiger partial charge >= 0.3 is 0 Å². The molecule has 0 aliphatic heterocycles. The van der Waals surface area contributed by atoms with Gasteiger partial charge in [0, 0.05) is 16.1 Å². The van der Waals surface area contributed by atoms with Crippen LogP contribution >= 0.6 is 15.9 Å². The third-order valence-corrected chi connectivity index (χ3v) is 3.23. The summed E-state index contributed by atoms with van der Waals surface area (Å²) in [6.07, 6.45) is 2.41. The summed E-state index contributed by atoms with van der Waals surface area (Å²) in [7, 11) is 0. The second-order valence-electron chi connectivity index (χ2n) is 4.14. The van der Waals surface area contributed by atoms with Crippen LogP contribution in [-0.4, -0.2) is 10.7 Å². The molecule has 6 heteroatoms. The van der Waals surface area contributed by atoms with Gasteiger partial charge in [0.05, 0.1) is 10.5 Å². The number of nitro groups is 1. The molecule has 0 aliphatic carbocycles. The van der Waals surface area contributed by atoms with Gasteiger partial charge in [-0.15, -0.1) is 0 Å². The van der Waals surface area contributed by atoms with E-state index in [2.05, 4.69) is 15.9 Å². The zero-order chi connectivity index (χ0) is 15.4. The van der Waals surface area contributed by atoms with Crippen molar-refractivity contribution in [3.63, 3.8) is 0 Å². The summed E-state index contributed by atoms with van der Waals surface area (Å²) in [6.45, 7) is 0. The SMILES string of the molecule is O=C(/C=C/c1cc(Br)ccc1F)c1ccccc1[N+](=O)[O-]. The molecule has 0 saturated heterocycles. The Balaban J connectivity index is 2.32. The molecule has 0 atom stereocenters. The number of allylic oxidation sites excluding steroid dienone is 1. The Labute approximate surface area is 128 Å². The van der Waals surface area contributed by atoms with Crippen LogP contribution in [0.5, 0.6) is 0 Å². The molecule has 21 heavy (non-hydrogen) atoms. The molecule has 4 nitrogen and oxygen atoms in total. The van der Waals surface area contributed by atoms with Gasteiger partial charge in [-0.3, -0.25) is 14.9 Å². The van der Waals surface area contributed by atoms with E-state index in [4.69, 9.17) is 0 Å². The van der Waals surface area contributed by atoms with E-state index in [9.17, 15) is 19.3 Å². The first-order valence-electron chi connectivity index (χ1n) is 5.90. The van der Waals surface area contributed by atoms with Gasteiger partial charge in [0.2, 0.25) is 0 Å². The summed E-state index contributed by atoms with van der Waals surface area (Å²) in [5.74, 6) is -1.04. The summed E-state index contributed by atoms with van der Waals surface area (Å²) < 4.78 is 14.2. The van der Waals surface area contributed by atoms with Crippen molar-refractivity contribution in [2.45, 2.75) is 0 Å². The fourth-order valence-electron chi connectivity index (χ4n) is 1.74. The number of benzene rings is 2. The number of carbonyl (C=O) groups is 1. The highest BCUT2D eigenvalue weighted by atomic mass is 79.9. The van der Waals surface area contributed by atoms with E-state index < -0.39 is 16.5 Å². The zero-order valence-corrected chi connectivity index (χ0v) is 12.2. The standard InChI is InChI=1S/C15H9BrFNO3/c16-11-6-7-13(17)10(9-11)5-8-15(19)12-3-1-2-4-14(12)18(20)21/h1-9H/b8-5+. The number of halogens is 2. The van der Waals surface area contributed by atoms with Crippen LogP contribution in [-0.2, 0) is 0 Å². The van der Waals surface area contributed by atoms with Gasteiger partial charge in [-0.1, -0.05) is 28.1 Å². The van der Waals surface area contributed by atoms with Crippen LogP contribution in [0.15, 0.2) is 53.0 Å². The summed E-state index contributed by atoms with van der Waals surface area (Å²) >= 11 is 3.20. The number of rotatable bonds is 4. The molecule has 0 aliphatic rings. The number of hydrogen-bond donors (Lipinski definition) is 0. The first kappa shape index (κ1) is 15.1. The first-order valence-corrected chi connectivity index (χ1v) is 6.69. The summed E-state index contributed by atoms with van der Waals surface area (Å²) in [5, 5.41) is 10.9. The molecule has 2 rings (SSSR count). The smallest absolute Gasteiger partial charge is 0.280 e. The molecule has 0 bridgehead atoms. The predicted octanol–water partition coefficient (Wildman–Crippen LogP) is 4.39. The van der Waals surface area contributed by atoms with E-state index in [1.54, 1.807) is 0 Å². The Hall–Kier alpha value is -2.34. The van der Waals surface area contributed by atoms with Crippen molar-refractivity contribution < 1.29 is 14.1 Å². The number of ketones is 1. The normalized spacial score (nSPS) is 10.8. The molecule has 0 aromatic heterocycles. The van der Waals surface area contributed by atoms with Crippen molar-refractivity contribution in [2.75, 3.05) is 0 Å². The molecule has 0 N–H and O–H groups in total. The molecule has 0 fully saturated rings. The minimum absolute atomic E-state index is 0.0332. The molecular formula is C15H9BrFNO3. The van der Waals surface area contributed by atoms with Crippen molar-refractivity contribution in [1.82, 2.24) is 0 Å². The van der Waals surface area contributed by atoms with Gasteiger partial charge in [0.1, 0.15) is 5.82 Å². The van der Waals surface area contributed by atoms with E-state index in [-0.39, 0.29) is 16.8 Å². The molecule has 2 aromatic rings. The van der Waals surface area contributed by atoms with E-state index >= 15 is 0 Å². The number of nitrogens with zero attached hydrogens (tertiary/aromatic N) is 1. The second-order valence-corrected chi connectivity index (χ2v) is 5.05. The van der Waals surface area contributed by atoms with Gasteiger partial charge in [0.25, 0.3) is 5.69 Å². The highest BCUT2D eigenvalue weighted by molar-refractivity contribution is 9.10. The molecule has 0 amide bonds. The van der Waals surface area contributed by atoms with Gasteiger partial charge in [-0.05, 0) is 36.4 Å². The maximum Gasteiger partial charge on any atom is 0.280 e. The van der Waals surface area contributed by atoms with E-state index in [0.717, 1.165) is 6.08 Å². The Bertz CT molecular complexity index is 743. The lowest BCUT2D eigenvalue weighted by Gasteiger charge is -1.99. The van der Waals surface area contributed by atoms with Crippen LogP contribution in [0, 0.1) is 15.9 Å². The van der Waals surface area contributed by atoms with Crippen LogP contribution in [0.1, 0.15) is 15.9 Å². The van der Waals surface area contributed by atoms with Crippen LogP contribution in [0.4, 0.5) is 10.1 Å². The molecule has 0 heterocycles. The number of para-hydroxylation sites is 1. The summed E-state index contributed by atoms with van der Waals surface area (Å²) in [6, 6.07) is 9.94. The van der Waals surface area contributed by atoms with Gasteiger partial charge < -0.3 is 0 Å². The summed E-state index contributed by atoms with van der Waals surface area (Å²) in [4.78, 5) is 22.3. The van der Waals surface area contributed by atoms with Crippen LogP contribution < -0.4 is 0 Å². The fraction of sp³-hybridized carbons (Fsp3) is 0. The minimum Gasteiger partial charge on any atom is -0.289 e. The highest BCUT2D eigenvalue weighted by Gasteiger charge is 2.17. The monoisotopic (exact) mass is 349 g/mol. The number of nitro benzene ring substituents is 1. The average molecular weight is 350 g/mol. The third kappa shape index (κ3) is 3.61. The van der Waals surface area contributed by atoms with Crippen molar-refractivity contribution in [3.05, 3.63) is 80.1 Å². The van der Waals surface area contributed by atoms with Crippen molar-refractivity contribution in [2.24, 2.45) is 0 Å². The van der Waals surface area contributed by atoms with Crippen LogP contribution in [0.3, 0.4) is 0 Å². The van der Waals surface area contributed by atoms with E-state index in [1.807, 2.05) is 0 Å². The van der Waals surface area contributed by atoms with E-state index in [0.29, 0.717) is 4.47 Å². The molecule has 0 radical (unpaired) electrons. The molecule has 0 spiro atoms. The molecule has 0 unspecified atom stereocenters. The second kappa shape index (κ2) is 6.41. The van der Waals surface area contributed by atoms with Gasteiger partial charge in [-0.2, -0.15) is 0 Å². The molecule has 2 aromatic carbocycles. The first-order chi connectivity index (χ1) is 9.99. The fourth-order valence-corrected chi connectivity index (χ4v) is 2.12. The number of carbonyl (C=O) groups excluding carboxylic acids is 1. The van der Waals surface area contributed by atoms with Crippen LogP contribution in [0.25, 0.3) is 6.08 Å². The van der Waals surface area contributed by atoms with E-state index in [1.165, 1.54) is 48.5 Å². The zero-order valence-electron chi connectivity index (χ0n) is 10.6. The Morgan fingerprint density at radius 1 is 1.24 bits per heavy atom. The lowest BCUT2D eigenvalue weighted by Crippen LogP contribution is -2.00. The summed E-state index contributed by atoms with van der Waals surface area (Å²) in [5.41, 5.74) is -0.0904. The van der Waals surface area contributed by atoms with Crippen molar-refractivity contribution in [1.29, 1.82) is 0 Å². The lowest BCUT2D eigenvalue weighted by molar-refractivity contribution is -0.385. The average Bonchev–Trinajstić information content (AvgIpc) is 2.47. The molecular weight excluding hydrogens is 341 g/mol. The topological polar surface area (TPSA) is 60.2 Å². The number of hydrogen-bond acceptors (Lipinski definition) is 3. The quantitative estimate of drug-likeness (QED) is 0.356. The molecule has 106 valence electrons. The lowest BCUT2D eigenvalue weighted by atomic mass is 10.1.